The lowest BCUT2D eigenvalue weighted by Gasteiger charge is -2.29. The first-order chi connectivity index (χ1) is 16.4. The number of quaternary nitrogens is 1. The Bertz CT molecular complexity index is 1340. The minimum Gasteiger partial charge on any atom is -0.383 e. The fourth-order valence-corrected chi connectivity index (χ4v) is 5.20. The number of nitriles is 1. The molecule has 0 unspecified atom stereocenters. The van der Waals surface area contributed by atoms with Gasteiger partial charge in [0.05, 0.1) is 24.9 Å². The number of aromatic amines is 1. The number of carbonyl (C=O) groups excluding carboxylic acids is 1. The Morgan fingerprint density at radius 1 is 1.24 bits per heavy atom. The number of benzene rings is 1. The van der Waals surface area contributed by atoms with E-state index in [2.05, 4.69) is 27.9 Å². The lowest BCUT2D eigenvalue weighted by Crippen LogP contribution is -3.14. The molecule has 2 aliphatic rings. The number of hydrogen-bond donors (Lipinski definition) is 3. The van der Waals surface area contributed by atoms with Gasteiger partial charge in [-0.25, -0.2) is 9.97 Å². The Hall–Kier alpha value is -3.61. The van der Waals surface area contributed by atoms with E-state index in [1.54, 1.807) is 11.0 Å². The fraction of sp³-hybridized carbons (Fsp3) is 0.333. The van der Waals surface area contributed by atoms with Gasteiger partial charge in [-0.3, -0.25) is 14.6 Å². The summed E-state index contributed by atoms with van der Waals surface area (Å²) in [7, 11) is 0. The van der Waals surface area contributed by atoms with E-state index < -0.39 is 0 Å². The Kier molecular flexibility index (Phi) is 5.63. The van der Waals surface area contributed by atoms with Gasteiger partial charge in [-0.2, -0.15) is 5.26 Å². The molecule has 9 nitrogen and oxygen atoms in total. The summed E-state index contributed by atoms with van der Waals surface area (Å²) in [5.74, 6) is 1.55. The summed E-state index contributed by atoms with van der Waals surface area (Å²) in [6.45, 7) is 7.09. The van der Waals surface area contributed by atoms with E-state index in [1.807, 2.05) is 18.2 Å². The number of anilines is 4. The molecule has 3 aromatic rings. The predicted octanol–water partition coefficient (Wildman–Crippen LogP) is 0.552. The van der Waals surface area contributed by atoms with Crippen LogP contribution >= 0.6 is 11.6 Å². The molecule has 6 N–H and O–H groups in total. The van der Waals surface area contributed by atoms with Crippen molar-refractivity contribution < 1.29 is 14.7 Å². The van der Waals surface area contributed by atoms with Crippen LogP contribution in [0.5, 0.6) is 0 Å². The van der Waals surface area contributed by atoms with Crippen molar-refractivity contribution in [2.75, 3.05) is 54.0 Å². The maximum Gasteiger partial charge on any atom is 0.240 e. The molecule has 0 aliphatic carbocycles. The summed E-state index contributed by atoms with van der Waals surface area (Å²) in [6.07, 6.45) is 0.120. The summed E-state index contributed by atoms with van der Waals surface area (Å²) >= 11 is 6.35. The number of amides is 1. The highest BCUT2D eigenvalue weighted by molar-refractivity contribution is 6.31. The maximum atomic E-state index is 13.1. The van der Waals surface area contributed by atoms with Crippen LogP contribution in [0.1, 0.15) is 23.6 Å². The van der Waals surface area contributed by atoms with Gasteiger partial charge in [0.25, 0.3) is 0 Å². The Morgan fingerprint density at radius 2 is 1.97 bits per heavy atom. The normalized spacial score (nSPS) is 16.2. The first-order valence-corrected chi connectivity index (χ1v) is 11.8. The summed E-state index contributed by atoms with van der Waals surface area (Å²) < 4.78 is 0. The van der Waals surface area contributed by atoms with Crippen LogP contribution in [0.25, 0.3) is 10.8 Å². The van der Waals surface area contributed by atoms with Crippen LogP contribution in [0.4, 0.5) is 23.3 Å². The van der Waals surface area contributed by atoms with E-state index >= 15 is 0 Å². The Morgan fingerprint density at radius 3 is 2.65 bits per heavy atom. The molecule has 2 aliphatic heterocycles. The topological polar surface area (TPSA) is 131 Å². The highest BCUT2D eigenvalue weighted by Crippen LogP contribution is 2.41. The number of likely N-dealkylation sites (N-methyl/N-ethyl adjacent to an activating group) is 1. The van der Waals surface area contributed by atoms with Crippen molar-refractivity contribution in [3.8, 4) is 6.07 Å². The number of H-pyrrole nitrogens is 1. The number of nitrogens with one attached hydrogen (secondary N) is 2. The molecule has 0 atom stereocenters. The van der Waals surface area contributed by atoms with Crippen molar-refractivity contribution >= 4 is 51.6 Å². The number of pyridine rings is 2. The molecule has 34 heavy (non-hydrogen) atoms. The third-order valence-electron chi connectivity index (χ3n) is 6.88. The zero-order valence-corrected chi connectivity index (χ0v) is 19.7. The average Bonchev–Trinajstić information content (AvgIpc) is 3.15. The zero-order chi connectivity index (χ0) is 24.0. The number of hydrogen-bond acceptors (Lipinski definition) is 6. The smallest absolute Gasteiger partial charge is 0.240 e. The second-order valence-electron chi connectivity index (χ2n) is 8.76. The monoisotopic (exact) mass is 478 g/mol. The maximum absolute atomic E-state index is 13.1. The quantitative estimate of drug-likeness (QED) is 0.502. The number of carbonyl (C=O) groups is 1. The number of nitrogens with zero attached hydrogens (tertiary/aromatic N) is 4. The molecule has 0 spiro atoms. The first-order valence-electron chi connectivity index (χ1n) is 11.4. The molecule has 1 aromatic carbocycles. The third kappa shape index (κ3) is 3.56. The van der Waals surface area contributed by atoms with E-state index in [0.29, 0.717) is 44.4 Å². The predicted molar refractivity (Wildman–Crippen MR) is 132 cm³/mol. The van der Waals surface area contributed by atoms with Crippen LogP contribution in [0.3, 0.4) is 0 Å². The van der Waals surface area contributed by atoms with Gasteiger partial charge in [0, 0.05) is 16.0 Å². The third-order valence-corrected chi connectivity index (χ3v) is 7.25. The van der Waals surface area contributed by atoms with Gasteiger partial charge in [0.2, 0.25) is 17.5 Å². The molecular weight excluding hydrogens is 452 g/mol. The van der Waals surface area contributed by atoms with Crippen LogP contribution in [0, 0.1) is 11.3 Å². The van der Waals surface area contributed by atoms with E-state index in [0.717, 1.165) is 38.3 Å². The highest BCUT2D eigenvalue weighted by Gasteiger charge is 2.36. The molecule has 1 fully saturated rings. The number of nitrogens with two attached hydrogens (primary N) is 2. The molecule has 1 saturated heterocycles. The minimum absolute atomic E-state index is 0.119. The zero-order valence-electron chi connectivity index (χ0n) is 19.0. The van der Waals surface area contributed by atoms with Crippen molar-refractivity contribution in [2.24, 2.45) is 0 Å². The van der Waals surface area contributed by atoms with Crippen LogP contribution in [0.15, 0.2) is 24.3 Å². The molecule has 174 valence electrons. The molecule has 0 saturated carbocycles. The summed E-state index contributed by atoms with van der Waals surface area (Å²) in [5, 5.41) is 11.9. The van der Waals surface area contributed by atoms with Gasteiger partial charge < -0.3 is 16.4 Å². The van der Waals surface area contributed by atoms with Crippen molar-refractivity contribution in [3.05, 3.63) is 46.0 Å². The van der Waals surface area contributed by atoms with E-state index in [1.165, 1.54) is 4.90 Å². The van der Waals surface area contributed by atoms with Gasteiger partial charge in [0.1, 0.15) is 49.4 Å². The van der Waals surface area contributed by atoms with E-state index in [-0.39, 0.29) is 24.7 Å². The number of aromatic nitrogens is 2. The number of piperazine rings is 1. The Balaban J connectivity index is 1.66. The van der Waals surface area contributed by atoms with Gasteiger partial charge in [-0.05, 0) is 18.6 Å². The number of halogens is 1. The fourth-order valence-electron chi connectivity index (χ4n) is 5.01. The molecule has 5 rings (SSSR count). The molecule has 4 heterocycles. The lowest BCUT2D eigenvalue weighted by molar-refractivity contribution is -0.898. The lowest BCUT2D eigenvalue weighted by atomic mass is 10.00. The van der Waals surface area contributed by atoms with E-state index in [4.69, 9.17) is 23.1 Å². The summed E-state index contributed by atoms with van der Waals surface area (Å²) in [4.78, 5) is 26.1. The second kappa shape index (κ2) is 8.63. The summed E-state index contributed by atoms with van der Waals surface area (Å²) in [6, 6.07) is 9.75. The molecule has 1 amide bonds. The average molecular weight is 479 g/mol. The van der Waals surface area contributed by atoms with Gasteiger partial charge in [-0.1, -0.05) is 29.8 Å². The summed E-state index contributed by atoms with van der Waals surface area (Å²) in [5.41, 5.74) is 14.7. The standard InChI is InChI=1S/C24H25ClN8O/c1-2-31-7-9-32(10-8-31)23-16(12-26)19-15-11-18(34)33(13-14-5-3-4-6-17(14)25)24(15)30-22(28)20(19)21(27)29-23/h3-6H,2,7-11,13H2,1H3,(H2,27,29)(H2,28,30)/p+2. The molecule has 10 heteroatoms. The molecular formula is C24H27ClN8O+2. The van der Waals surface area contributed by atoms with Gasteiger partial charge in [0.15, 0.2) is 0 Å². The Labute approximate surface area is 202 Å². The van der Waals surface area contributed by atoms with Crippen LogP contribution in [-0.4, -0.2) is 43.6 Å². The molecule has 2 aromatic heterocycles. The number of rotatable bonds is 4. The first kappa shape index (κ1) is 22.2. The number of nitrogen functional groups attached to an aromatic ring is 2. The molecule has 0 bridgehead atoms. The minimum atomic E-state index is -0.119. The number of fused-ring (bicyclic) bond motifs is 3. The van der Waals surface area contributed by atoms with Crippen LogP contribution in [-0.2, 0) is 17.8 Å². The van der Waals surface area contributed by atoms with Crippen molar-refractivity contribution in [2.45, 2.75) is 19.9 Å². The van der Waals surface area contributed by atoms with Gasteiger partial charge >= 0.3 is 0 Å². The molecule has 0 radical (unpaired) electrons. The van der Waals surface area contributed by atoms with Gasteiger partial charge in [-0.15, -0.1) is 0 Å². The van der Waals surface area contributed by atoms with Crippen molar-refractivity contribution in [3.63, 3.8) is 0 Å². The largest absolute Gasteiger partial charge is 0.383 e. The highest BCUT2D eigenvalue weighted by atomic mass is 35.5. The van der Waals surface area contributed by atoms with Crippen molar-refractivity contribution in [1.29, 1.82) is 5.26 Å². The van der Waals surface area contributed by atoms with Crippen molar-refractivity contribution in [1.82, 2.24) is 4.98 Å². The SMILES string of the molecule is CC[NH+]1CCN(c2[nH+]c(N)c3c(N)nc4c(c3c2C#N)CC(=O)N4Cc2ccccc2Cl)CC1. The van der Waals surface area contributed by atoms with Crippen LogP contribution in [0.2, 0.25) is 5.02 Å². The van der Waals surface area contributed by atoms with Crippen LogP contribution < -0.4 is 31.2 Å². The second-order valence-corrected chi connectivity index (χ2v) is 9.17. The van der Waals surface area contributed by atoms with E-state index in [9.17, 15) is 10.1 Å².